The minimum atomic E-state index is -0.303. The third-order valence-corrected chi connectivity index (χ3v) is 5.50. The fraction of sp³-hybridized carbons (Fsp3) is 0.682. The van der Waals surface area contributed by atoms with E-state index in [-0.39, 0.29) is 35.8 Å². The Hall–Kier alpha value is -1.13. The molecule has 1 aliphatic carbocycles. The number of hydrogen-bond donors (Lipinski definition) is 2. The number of ether oxygens (including phenoxy) is 2. The van der Waals surface area contributed by atoms with E-state index in [0.717, 1.165) is 63.8 Å². The maximum Gasteiger partial charge on any atom is 0.191 e. The van der Waals surface area contributed by atoms with Crippen LogP contribution in [0.3, 0.4) is 0 Å². The van der Waals surface area contributed by atoms with Crippen molar-refractivity contribution in [2.24, 2.45) is 10.9 Å². The largest absolute Gasteiger partial charge is 0.490 e. The van der Waals surface area contributed by atoms with Gasteiger partial charge in [0.1, 0.15) is 0 Å². The van der Waals surface area contributed by atoms with Crippen molar-refractivity contribution < 1.29 is 13.9 Å². The van der Waals surface area contributed by atoms with Crippen LogP contribution in [-0.2, 0) is 4.74 Å². The molecule has 0 bridgehead atoms. The second kappa shape index (κ2) is 13.3. The zero-order valence-corrected chi connectivity index (χ0v) is 20.5. The van der Waals surface area contributed by atoms with E-state index in [4.69, 9.17) is 9.47 Å². The van der Waals surface area contributed by atoms with Gasteiger partial charge >= 0.3 is 0 Å². The van der Waals surface area contributed by atoms with Crippen LogP contribution in [0.2, 0.25) is 0 Å². The molecule has 0 spiro atoms. The summed E-state index contributed by atoms with van der Waals surface area (Å²) in [5.41, 5.74) is 0.872. The van der Waals surface area contributed by atoms with E-state index in [0.29, 0.717) is 18.3 Å². The minimum absolute atomic E-state index is 0. The number of rotatable bonds is 10. The van der Waals surface area contributed by atoms with Gasteiger partial charge in [0.25, 0.3) is 0 Å². The molecule has 30 heavy (non-hydrogen) atoms. The summed E-state index contributed by atoms with van der Waals surface area (Å²) in [5.74, 6) is 1.38. The summed E-state index contributed by atoms with van der Waals surface area (Å²) in [6.07, 6.45) is 4.61. The number of nitrogens with one attached hydrogen (secondary N) is 2. The van der Waals surface area contributed by atoms with Crippen LogP contribution in [0.25, 0.3) is 0 Å². The van der Waals surface area contributed by atoms with E-state index in [9.17, 15) is 4.39 Å². The molecular weight excluding hydrogens is 498 g/mol. The lowest BCUT2D eigenvalue weighted by Crippen LogP contribution is -2.39. The molecule has 0 aromatic heterocycles. The van der Waals surface area contributed by atoms with E-state index in [1.807, 2.05) is 13.0 Å². The van der Waals surface area contributed by atoms with Crippen LogP contribution in [0.4, 0.5) is 4.39 Å². The Kier molecular flexibility index (Phi) is 11.2. The maximum absolute atomic E-state index is 14.3. The summed E-state index contributed by atoms with van der Waals surface area (Å²) < 4.78 is 25.3. The fourth-order valence-corrected chi connectivity index (χ4v) is 3.37. The first-order valence-corrected chi connectivity index (χ1v) is 10.8. The molecule has 1 aromatic carbocycles. The van der Waals surface area contributed by atoms with Gasteiger partial charge in [-0.3, -0.25) is 9.89 Å². The van der Waals surface area contributed by atoms with Crippen molar-refractivity contribution >= 4 is 29.9 Å². The van der Waals surface area contributed by atoms with Crippen LogP contribution in [-0.4, -0.2) is 63.9 Å². The number of unbranched alkanes of at least 4 members (excludes halogenated alkanes) is 1. The summed E-state index contributed by atoms with van der Waals surface area (Å²) in [5, 5.41) is 6.69. The topological polar surface area (TPSA) is 58.1 Å². The van der Waals surface area contributed by atoms with E-state index < -0.39 is 0 Å². The highest BCUT2D eigenvalue weighted by molar-refractivity contribution is 14.0. The van der Waals surface area contributed by atoms with Gasteiger partial charge in [-0.25, -0.2) is 4.39 Å². The van der Waals surface area contributed by atoms with E-state index in [1.54, 1.807) is 19.2 Å². The quantitative estimate of drug-likeness (QED) is 0.208. The van der Waals surface area contributed by atoms with Crippen molar-refractivity contribution in [2.75, 3.05) is 53.0 Å². The van der Waals surface area contributed by atoms with Crippen LogP contribution in [0.5, 0.6) is 5.75 Å². The molecule has 1 atom stereocenters. The summed E-state index contributed by atoms with van der Waals surface area (Å²) in [7, 11) is 1.76. The third-order valence-electron chi connectivity index (χ3n) is 5.50. The number of benzene rings is 1. The van der Waals surface area contributed by atoms with Crippen LogP contribution in [0.15, 0.2) is 23.2 Å². The number of guanidine groups is 1. The first-order chi connectivity index (χ1) is 14.2. The smallest absolute Gasteiger partial charge is 0.191 e. The molecule has 1 aromatic rings. The summed E-state index contributed by atoms with van der Waals surface area (Å²) >= 11 is 0. The van der Waals surface area contributed by atoms with Crippen LogP contribution < -0.4 is 15.4 Å². The zero-order chi connectivity index (χ0) is 20.5. The summed E-state index contributed by atoms with van der Waals surface area (Å²) in [4.78, 5) is 6.74. The van der Waals surface area contributed by atoms with Crippen molar-refractivity contribution in [3.8, 4) is 5.75 Å². The van der Waals surface area contributed by atoms with Gasteiger partial charge in [0.2, 0.25) is 0 Å². The average molecular weight is 534 g/mol. The first kappa shape index (κ1) is 25.1. The number of hydrogen-bond acceptors (Lipinski definition) is 4. The molecule has 1 heterocycles. The van der Waals surface area contributed by atoms with Gasteiger partial charge in [0, 0.05) is 26.7 Å². The van der Waals surface area contributed by atoms with Crippen molar-refractivity contribution in [3.05, 3.63) is 29.6 Å². The number of nitrogens with zero attached hydrogens (tertiary/aromatic N) is 2. The van der Waals surface area contributed by atoms with Crippen molar-refractivity contribution in [1.29, 1.82) is 0 Å². The molecule has 2 N–H and O–H groups in total. The number of aliphatic imine (C=N–C) groups is 1. The van der Waals surface area contributed by atoms with E-state index in [1.165, 1.54) is 12.8 Å². The normalized spacial score (nSPS) is 18.4. The number of halogens is 2. The maximum atomic E-state index is 14.3. The Morgan fingerprint density at radius 1 is 1.30 bits per heavy atom. The highest BCUT2D eigenvalue weighted by atomic mass is 127. The minimum Gasteiger partial charge on any atom is -0.490 e. The van der Waals surface area contributed by atoms with Gasteiger partial charge < -0.3 is 20.1 Å². The average Bonchev–Trinajstić information content (AvgIpc) is 3.57. The predicted molar refractivity (Wildman–Crippen MR) is 129 cm³/mol. The molecule has 0 radical (unpaired) electrons. The Morgan fingerprint density at radius 2 is 2.07 bits per heavy atom. The van der Waals surface area contributed by atoms with Gasteiger partial charge in [-0.1, -0.05) is 6.07 Å². The van der Waals surface area contributed by atoms with Crippen LogP contribution >= 0.6 is 24.0 Å². The second-order valence-electron chi connectivity index (χ2n) is 7.97. The highest BCUT2D eigenvalue weighted by Gasteiger charge is 2.22. The Morgan fingerprint density at radius 3 is 2.73 bits per heavy atom. The molecule has 1 saturated heterocycles. The van der Waals surface area contributed by atoms with Gasteiger partial charge in [0.05, 0.1) is 25.9 Å². The molecule has 6 nitrogen and oxygen atoms in total. The second-order valence-corrected chi connectivity index (χ2v) is 7.97. The van der Waals surface area contributed by atoms with Gasteiger partial charge in [0.15, 0.2) is 17.5 Å². The molecule has 1 unspecified atom stereocenters. The van der Waals surface area contributed by atoms with Gasteiger partial charge in [-0.2, -0.15) is 0 Å². The Labute approximate surface area is 197 Å². The van der Waals surface area contributed by atoms with Crippen LogP contribution in [0, 0.1) is 11.7 Å². The molecule has 8 heteroatoms. The molecule has 2 fully saturated rings. The highest BCUT2D eigenvalue weighted by Crippen LogP contribution is 2.30. The molecule has 1 aliphatic heterocycles. The molecular formula is C22H36FIN4O2. The predicted octanol–water partition coefficient (Wildman–Crippen LogP) is 3.57. The summed E-state index contributed by atoms with van der Waals surface area (Å²) in [6, 6.07) is 5.14. The lowest BCUT2D eigenvalue weighted by molar-refractivity contribution is 0.0372. The standard InChI is InChI=1S/C22H35FN4O2.HI/c1-17(19-7-8-21(20(23)15-19)29-16-18-5-6-18)26-22(24-2)25-9-3-4-10-27-11-13-28-14-12-27;/h7-8,15,17-18H,3-6,9-14,16H2,1-2H3,(H2,24,25,26);1H. The fourth-order valence-electron chi connectivity index (χ4n) is 3.37. The number of morpholine rings is 1. The lowest BCUT2D eigenvalue weighted by atomic mass is 10.1. The first-order valence-electron chi connectivity index (χ1n) is 10.8. The molecule has 3 rings (SSSR count). The van der Waals surface area contributed by atoms with Crippen molar-refractivity contribution in [1.82, 2.24) is 15.5 Å². The van der Waals surface area contributed by atoms with Crippen molar-refractivity contribution in [3.63, 3.8) is 0 Å². The molecule has 0 amide bonds. The zero-order valence-electron chi connectivity index (χ0n) is 18.2. The SMILES string of the molecule is CN=C(NCCCCN1CCOCC1)NC(C)c1ccc(OCC2CC2)c(F)c1.I. The van der Waals surface area contributed by atoms with Crippen LogP contribution in [0.1, 0.15) is 44.2 Å². The van der Waals surface area contributed by atoms with E-state index in [2.05, 4.69) is 20.5 Å². The summed E-state index contributed by atoms with van der Waals surface area (Å²) in [6.45, 7) is 8.37. The lowest BCUT2D eigenvalue weighted by Gasteiger charge is -2.26. The van der Waals surface area contributed by atoms with E-state index >= 15 is 0 Å². The van der Waals surface area contributed by atoms with Crippen molar-refractivity contribution in [2.45, 2.75) is 38.6 Å². The monoisotopic (exact) mass is 534 g/mol. The Balaban J connectivity index is 0.00000320. The van der Waals surface area contributed by atoms with Gasteiger partial charge in [-0.15, -0.1) is 24.0 Å². The molecule has 2 aliphatic rings. The third kappa shape index (κ3) is 8.55. The molecule has 170 valence electrons. The molecule has 1 saturated carbocycles. The Bertz CT molecular complexity index is 667. The van der Waals surface area contributed by atoms with Gasteiger partial charge in [-0.05, 0) is 62.8 Å².